The fourth-order valence-electron chi connectivity index (χ4n) is 2.65. The minimum atomic E-state index is -2.81. The number of hydrogen-bond acceptors (Lipinski definition) is 4. The van der Waals surface area contributed by atoms with Gasteiger partial charge in [-0.1, -0.05) is 13.8 Å². The van der Waals surface area contributed by atoms with E-state index >= 15 is 0 Å². The average molecular weight is 248 g/mol. The molecule has 0 aromatic heterocycles. The summed E-state index contributed by atoms with van der Waals surface area (Å²) >= 11 is 0. The summed E-state index contributed by atoms with van der Waals surface area (Å²) in [5.74, 6) is 0.626. The Balaban J connectivity index is 2.80. The fraction of sp³-hybridized carbons (Fsp3) is 1.00. The molecule has 1 heterocycles. The molecule has 1 atom stereocenters. The van der Waals surface area contributed by atoms with Gasteiger partial charge in [-0.2, -0.15) is 0 Å². The Bertz CT molecular complexity index is 315. The van der Waals surface area contributed by atoms with Crippen molar-refractivity contribution < 1.29 is 8.42 Å². The molecular formula is C11H24N2O2S. The minimum absolute atomic E-state index is 0.0372. The molecule has 0 aromatic rings. The van der Waals surface area contributed by atoms with Crippen LogP contribution in [0, 0.1) is 0 Å². The molecule has 1 aliphatic rings. The van der Waals surface area contributed by atoms with Gasteiger partial charge in [0.25, 0.3) is 0 Å². The smallest absolute Gasteiger partial charge is 0.151 e. The first kappa shape index (κ1) is 13.9. The summed E-state index contributed by atoms with van der Waals surface area (Å²) < 4.78 is 23.0. The second-order valence-corrected chi connectivity index (χ2v) is 7.03. The average Bonchev–Trinajstić information content (AvgIpc) is 2.62. The van der Waals surface area contributed by atoms with Crippen LogP contribution < -0.4 is 5.73 Å². The Kier molecular flexibility index (Phi) is 4.37. The SMILES string of the molecule is CCC(CC)(CN)N(C)C1CCS(=O)(=O)C1. The van der Waals surface area contributed by atoms with E-state index in [1.165, 1.54) is 0 Å². The van der Waals surface area contributed by atoms with E-state index in [2.05, 4.69) is 18.7 Å². The summed E-state index contributed by atoms with van der Waals surface area (Å²) in [5, 5.41) is 0. The maximum atomic E-state index is 11.5. The van der Waals surface area contributed by atoms with E-state index in [0.29, 0.717) is 18.1 Å². The molecule has 0 radical (unpaired) electrons. The van der Waals surface area contributed by atoms with Gasteiger partial charge in [0.2, 0.25) is 0 Å². The van der Waals surface area contributed by atoms with Gasteiger partial charge in [-0.05, 0) is 26.3 Å². The molecule has 4 nitrogen and oxygen atoms in total. The molecule has 0 bridgehead atoms. The van der Waals surface area contributed by atoms with E-state index in [0.717, 1.165) is 19.3 Å². The van der Waals surface area contributed by atoms with Crippen molar-refractivity contribution in [3.05, 3.63) is 0 Å². The van der Waals surface area contributed by atoms with Crippen molar-refractivity contribution in [2.75, 3.05) is 25.1 Å². The molecule has 0 amide bonds. The van der Waals surface area contributed by atoms with Gasteiger partial charge in [0, 0.05) is 18.1 Å². The second kappa shape index (κ2) is 5.02. The van der Waals surface area contributed by atoms with Crippen LogP contribution in [0.5, 0.6) is 0 Å². The van der Waals surface area contributed by atoms with Crippen LogP contribution in [0.25, 0.3) is 0 Å². The Morgan fingerprint density at radius 1 is 1.38 bits per heavy atom. The number of sulfone groups is 1. The summed E-state index contributed by atoms with van der Waals surface area (Å²) in [7, 11) is -0.789. The number of nitrogens with zero attached hydrogens (tertiary/aromatic N) is 1. The first-order valence-corrected chi connectivity index (χ1v) is 7.86. The molecule has 0 spiro atoms. The molecule has 2 N–H and O–H groups in total. The minimum Gasteiger partial charge on any atom is -0.329 e. The van der Waals surface area contributed by atoms with Crippen molar-refractivity contribution in [3.63, 3.8) is 0 Å². The van der Waals surface area contributed by atoms with Gasteiger partial charge in [-0.15, -0.1) is 0 Å². The highest BCUT2D eigenvalue weighted by molar-refractivity contribution is 7.91. The standard InChI is InChI=1S/C11H24N2O2S/c1-4-11(5-2,9-12)13(3)10-6-7-16(14,15)8-10/h10H,4-9,12H2,1-3H3. The molecule has 1 saturated heterocycles. The van der Waals surface area contributed by atoms with Crippen LogP contribution in [-0.4, -0.2) is 50.0 Å². The van der Waals surface area contributed by atoms with Crippen molar-refractivity contribution in [3.8, 4) is 0 Å². The van der Waals surface area contributed by atoms with E-state index in [4.69, 9.17) is 5.73 Å². The highest BCUT2D eigenvalue weighted by Gasteiger charge is 2.39. The number of hydrogen-bond donors (Lipinski definition) is 1. The normalized spacial score (nSPS) is 25.2. The number of rotatable bonds is 5. The van der Waals surface area contributed by atoms with Crippen LogP contribution in [0.4, 0.5) is 0 Å². The molecule has 1 rings (SSSR count). The quantitative estimate of drug-likeness (QED) is 0.775. The summed E-state index contributed by atoms with van der Waals surface area (Å²) in [6.07, 6.45) is 2.68. The lowest BCUT2D eigenvalue weighted by atomic mass is 9.89. The zero-order chi connectivity index (χ0) is 12.4. The number of nitrogens with two attached hydrogens (primary N) is 1. The Hall–Kier alpha value is -0.130. The zero-order valence-electron chi connectivity index (χ0n) is 10.6. The Labute approximate surface area is 99.1 Å². The molecule has 0 saturated carbocycles. The largest absolute Gasteiger partial charge is 0.329 e. The van der Waals surface area contributed by atoms with Crippen LogP contribution in [-0.2, 0) is 9.84 Å². The van der Waals surface area contributed by atoms with E-state index in [1.54, 1.807) is 0 Å². The van der Waals surface area contributed by atoms with Gasteiger partial charge >= 0.3 is 0 Å². The van der Waals surface area contributed by atoms with Crippen LogP contribution in [0.3, 0.4) is 0 Å². The molecule has 96 valence electrons. The molecule has 1 fully saturated rings. The highest BCUT2D eigenvalue weighted by atomic mass is 32.2. The topological polar surface area (TPSA) is 63.4 Å². The predicted octanol–water partition coefficient (Wildman–Crippen LogP) is 0.623. The third kappa shape index (κ3) is 2.57. The van der Waals surface area contributed by atoms with Gasteiger partial charge in [-0.3, -0.25) is 4.90 Å². The third-order valence-electron chi connectivity index (χ3n) is 4.20. The van der Waals surface area contributed by atoms with E-state index in [9.17, 15) is 8.42 Å². The van der Waals surface area contributed by atoms with Crippen molar-refractivity contribution >= 4 is 9.84 Å². The van der Waals surface area contributed by atoms with E-state index in [1.807, 2.05) is 7.05 Å². The van der Waals surface area contributed by atoms with Crippen LogP contribution >= 0.6 is 0 Å². The van der Waals surface area contributed by atoms with Gasteiger partial charge in [0.05, 0.1) is 11.5 Å². The van der Waals surface area contributed by atoms with E-state index < -0.39 is 9.84 Å². The van der Waals surface area contributed by atoms with Crippen molar-refractivity contribution in [1.82, 2.24) is 4.90 Å². The predicted molar refractivity (Wildman–Crippen MR) is 67.2 cm³/mol. The lowest BCUT2D eigenvalue weighted by Crippen LogP contribution is -2.55. The van der Waals surface area contributed by atoms with Crippen molar-refractivity contribution in [2.24, 2.45) is 5.73 Å². The molecule has 1 unspecified atom stereocenters. The lowest BCUT2D eigenvalue weighted by Gasteiger charge is -2.43. The van der Waals surface area contributed by atoms with Gasteiger partial charge in [0.15, 0.2) is 9.84 Å². The van der Waals surface area contributed by atoms with Gasteiger partial charge in [-0.25, -0.2) is 8.42 Å². The molecule has 0 aliphatic carbocycles. The second-order valence-electron chi connectivity index (χ2n) is 4.80. The van der Waals surface area contributed by atoms with Crippen molar-refractivity contribution in [1.29, 1.82) is 0 Å². The molecular weight excluding hydrogens is 224 g/mol. The van der Waals surface area contributed by atoms with Crippen LogP contribution in [0.1, 0.15) is 33.1 Å². The maximum absolute atomic E-state index is 11.5. The summed E-state index contributed by atoms with van der Waals surface area (Å²) in [5.41, 5.74) is 5.84. The van der Waals surface area contributed by atoms with Gasteiger partial charge in [0.1, 0.15) is 0 Å². The molecule has 16 heavy (non-hydrogen) atoms. The first-order chi connectivity index (χ1) is 7.40. The summed E-state index contributed by atoms with van der Waals surface area (Å²) in [4.78, 5) is 2.21. The number of likely N-dealkylation sites (N-methyl/N-ethyl adjacent to an activating group) is 1. The molecule has 5 heteroatoms. The summed E-state index contributed by atoms with van der Waals surface area (Å²) in [6.45, 7) is 4.83. The summed E-state index contributed by atoms with van der Waals surface area (Å²) in [6, 6.07) is 0.147. The lowest BCUT2D eigenvalue weighted by molar-refractivity contribution is 0.0790. The van der Waals surface area contributed by atoms with Gasteiger partial charge < -0.3 is 5.73 Å². The fourth-order valence-corrected chi connectivity index (χ4v) is 4.42. The molecule has 0 aromatic carbocycles. The molecule has 1 aliphatic heterocycles. The maximum Gasteiger partial charge on any atom is 0.151 e. The Morgan fingerprint density at radius 3 is 2.25 bits per heavy atom. The van der Waals surface area contributed by atoms with Crippen LogP contribution in [0.2, 0.25) is 0 Å². The van der Waals surface area contributed by atoms with Crippen molar-refractivity contribution in [2.45, 2.75) is 44.7 Å². The monoisotopic (exact) mass is 248 g/mol. The van der Waals surface area contributed by atoms with Crippen LogP contribution in [0.15, 0.2) is 0 Å². The Morgan fingerprint density at radius 2 is 1.94 bits per heavy atom. The zero-order valence-corrected chi connectivity index (χ0v) is 11.4. The first-order valence-electron chi connectivity index (χ1n) is 6.04. The third-order valence-corrected chi connectivity index (χ3v) is 5.95. The highest BCUT2D eigenvalue weighted by Crippen LogP contribution is 2.28. The van der Waals surface area contributed by atoms with E-state index in [-0.39, 0.29) is 11.6 Å².